The van der Waals surface area contributed by atoms with E-state index in [1.54, 1.807) is 30.2 Å². The van der Waals surface area contributed by atoms with Crippen LogP contribution in [0.25, 0.3) is 10.6 Å². The molecule has 1 aromatic carbocycles. The summed E-state index contributed by atoms with van der Waals surface area (Å²) >= 11 is 3.41. The number of fused-ring (bicyclic) bond motifs is 1. The van der Waals surface area contributed by atoms with Crippen molar-refractivity contribution >= 4 is 23.1 Å². The zero-order valence-corrected chi connectivity index (χ0v) is 15.8. The number of hydrogen-bond acceptors (Lipinski definition) is 6. The summed E-state index contributed by atoms with van der Waals surface area (Å²) in [5.41, 5.74) is 2.21. The summed E-state index contributed by atoms with van der Waals surface area (Å²) in [7, 11) is 1.68. The normalized spacial score (nSPS) is 14.1. The predicted octanol–water partition coefficient (Wildman–Crippen LogP) is 4.43. The highest BCUT2D eigenvalue weighted by Crippen LogP contribution is 2.29. The molecule has 3 aromatic rings. The molecule has 130 valence electrons. The molecule has 1 aliphatic heterocycles. The second-order valence-electron chi connectivity index (χ2n) is 6.02. The first kappa shape index (κ1) is 16.6. The summed E-state index contributed by atoms with van der Waals surface area (Å²) in [6.45, 7) is 1.04. The fourth-order valence-corrected chi connectivity index (χ4v) is 4.75. The maximum atomic E-state index is 5.21. The Hall–Kier alpha value is -1.86. The Morgan fingerprint density at radius 3 is 2.88 bits per heavy atom. The van der Waals surface area contributed by atoms with Crippen LogP contribution in [0.15, 0.2) is 34.8 Å². The van der Waals surface area contributed by atoms with Crippen LogP contribution in [0.4, 0.5) is 0 Å². The zero-order chi connectivity index (χ0) is 17.1. The van der Waals surface area contributed by atoms with E-state index in [2.05, 4.69) is 20.1 Å². The number of aromatic nitrogens is 4. The van der Waals surface area contributed by atoms with Crippen molar-refractivity contribution in [2.45, 2.75) is 43.1 Å². The van der Waals surface area contributed by atoms with Crippen LogP contribution in [0, 0.1) is 0 Å². The van der Waals surface area contributed by atoms with Crippen LogP contribution in [0.3, 0.4) is 0 Å². The van der Waals surface area contributed by atoms with Gasteiger partial charge in [0.2, 0.25) is 0 Å². The van der Waals surface area contributed by atoms with Crippen LogP contribution in [0.5, 0.6) is 5.75 Å². The minimum Gasteiger partial charge on any atom is -0.497 e. The number of rotatable bonds is 5. The van der Waals surface area contributed by atoms with Gasteiger partial charge < -0.3 is 9.30 Å². The molecule has 0 atom stereocenters. The second-order valence-corrected chi connectivity index (χ2v) is 7.82. The molecule has 3 heterocycles. The van der Waals surface area contributed by atoms with E-state index in [-0.39, 0.29) is 0 Å². The van der Waals surface area contributed by atoms with Gasteiger partial charge in [0.05, 0.1) is 12.8 Å². The topological polar surface area (TPSA) is 52.8 Å². The molecule has 0 unspecified atom stereocenters. The summed E-state index contributed by atoms with van der Waals surface area (Å²) in [4.78, 5) is 4.77. The molecule has 0 saturated carbocycles. The largest absolute Gasteiger partial charge is 0.497 e. The molecule has 0 N–H and O–H groups in total. The van der Waals surface area contributed by atoms with Crippen LogP contribution < -0.4 is 4.74 Å². The van der Waals surface area contributed by atoms with Crippen LogP contribution in [-0.4, -0.2) is 26.9 Å². The van der Waals surface area contributed by atoms with Crippen molar-refractivity contribution in [3.63, 3.8) is 0 Å². The van der Waals surface area contributed by atoms with E-state index in [0.717, 1.165) is 51.7 Å². The molecule has 5 nitrogen and oxygen atoms in total. The minimum atomic E-state index is 0.824. The number of thiazole rings is 1. The Balaban J connectivity index is 1.44. The Bertz CT molecular complexity index is 841. The molecule has 0 saturated heterocycles. The Labute approximate surface area is 155 Å². The second kappa shape index (κ2) is 7.58. The van der Waals surface area contributed by atoms with Crippen molar-refractivity contribution in [3.05, 3.63) is 41.2 Å². The standard InChI is InChI=1S/C18H20N4OS2/c1-23-15-8-6-13(7-9-15)17-19-14(11-24-17)12-25-18-21-20-16-5-3-2-4-10-22(16)18/h6-9,11H,2-5,10,12H2,1H3. The van der Waals surface area contributed by atoms with Crippen molar-refractivity contribution in [1.29, 1.82) is 0 Å². The Morgan fingerprint density at radius 1 is 1.16 bits per heavy atom. The van der Waals surface area contributed by atoms with Gasteiger partial charge >= 0.3 is 0 Å². The van der Waals surface area contributed by atoms with E-state index in [1.807, 2.05) is 24.3 Å². The first-order valence-corrected chi connectivity index (χ1v) is 10.3. The van der Waals surface area contributed by atoms with Gasteiger partial charge in [-0.15, -0.1) is 21.5 Å². The van der Waals surface area contributed by atoms with Crippen molar-refractivity contribution < 1.29 is 4.74 Å². The quantitative estimate of drug-likeness (QED) is 0.620. The Kier molecular flexibility index (Phi) is 5.03. The average molecular weight is 373 g/mol. The predicted molar refractivity (Wildman–Crippen MR) is 101 cm³/mol. The van der Waals surface area contributed by atoms with Crippen molar-refractivity contribution in [2.75, 3.05) is 7.11 Å². The average Bonchev–Trinajstić information content (AvgIpc) is 3.21. The van der Waals surface area contributed by atoms with Crippen molar-refractivity contribution in [1.82, 2.24) is 19.7 Å². The lowest BCUT2D eigenvalue weighted by Crippen LogP contribution is -2.02. The SMILES string of the molecule is COc1ccc(-c2nc(CSc3nnc4n3CCCCC4)cs2)cc1. The van der Waals surface area contributed by atoms with Gasteiger partial charge in [0.1, 0.15) is 16.6 Å². The number of ether oxygens (including phenoxy) is 1. The van der Waals surface area contributed by atoms with Crippen LogP contribution in [0.1, 0.15) is 30.8 Å². The third-order valence-electron chi connectivity index (χ3n) is 4.31. The molecule has 0 radical (unpaired) electrons. The maximum Gasteiger partial charge on any atom is 0.191 e. The number of hydrogen-bond donors (Lipinski definition) is 0. The number of aryl methyl sites for hydroxylation is 1. The van der Waals surface area contributed by atoms with E-state index >= 15 is 0 Å². The highest BCUT2D eigenvalue weighted by Gasteiger charge is 2.15. The summed E-state index contributed by atoms with van der Waals surface area (Å²) in [5.74, 6) is 2.82. The van der Waals surface area contributed by atoms with Crippen molar-refractivity contribution in [2.24, 2.45) is 0 Å². The fraction of sp³-hybridized carbons (Fsp3) is 0.389. The lowest BCUT2D eigenvalue weighted by molar-refractivity contribution is 0.415. The maximum absolute atomic E-state index is 5.21. The van der Waals surface area contributed by atoms with E-state index in [9.17, 15) is 0 Å². The first-order chi connectivity index (χ1) is 12.3. The number of thioether (sulfide) groups is 1. The van der Waals surface area contributed by atoms with Crippen molar-refractivity contribution in [3.8, 4) is 16.3 Å². The van der Waals surface area contributed by atoms with Gasteiger partial charge in [0.25, 0.3) is 0 Å². The van der Waals surface area contributed by atoms with Gasteiger partial charge in [-0.3, -0.25) is 0 Å². The van der Waals surface area contributed by atoms with Crippen LogP contribution >= 0.6 is 23.1 Å². The molecule has 4 rings (SSSR count). The first-order valence-electron chi connectivity index (χ1n) is 8.47. The summed E-state index contributed by atoms with van der Waals surface area (Å²) in [6, 6.07) is 8.03. The highest BCUT2D eigenvalue weighted by molar-refractivity contribution is 7.98. The van der Waals surface area contributed by atoms with Gasteiger partial charge in [0.15, 0.2) is 5.16 Å². The minimum absolute atomic E-state index is 0.824. The van der Waals surface area contributed by atoms with Gasteiger partial charge in [-0.25, -0.2) is 4.98 Å². The molecule has 0 spiro atoms. The molecule has 0 fully saturated rings. The Morgan fingerprint density at radius 2 is 2.04 bits per heavy atom. The summed E-state index contributed by atoms with van der Waals surface area (Å²) in [6.07, 6.45) is 4.77. The lowest BCUT2D eigenvalue weighted by Gasteiger charge is -2.05. The summed E-state index contributed by atoms with van der Waals surface area (Å²) in [5, 5.41) is 12.9. The third kappa shape index (κ3) is 3.72. The van der Waals surface area contributed by atoms with Gasteiger partial charge in [-0.2, -0.15) is 0 Å². The van der Waals surface area contributed by atoms with E-state index in [0.29, 0.717) is 0 Å². The fourth-order valence-electron chi connectivity index (χ4n) is 2.94. The number of benzene rings is 1. The molecule has 0 aliphatic carbocycles. The van der Waals surface area contributed by atoms with Gasteiger partial charge in [0, 0.05) is 29.7 Å². The van der Waals surface area contributed by atoms with E-state index in [1.165, 1.54) is 19.3 Å². The van der Waals surface area contributed by atoms with Gasteiger partial charge in [-0.05, 0) is 37.1 Å². The highest BCUT2D eigenvalue weighted by atomic mass is 32.2. The molecular weight excluding hydrogens is 352 g/mol. The van der Waals surface area contributed by atoms with Crippen LogP contribution in [0.2, 0.25) is 0 Å². The molecule has 7 heteroatoms. The number of nitrogens with zero attached hydrogens (tertiary/aromatic N) is 4. The lowest BCUT2D eigenvalue weighted by atomic mass is 10.2. The molecule has 2 aromatic heterocycles. The third-order valence-corrected chi connectivity index (χ3v) is 6.25. The molecular formula is C18H20N4OS2. The molecule has 1 aliphatic rings. The van der Waals surface area contributed by atoms with E-state index in [4.69, 9.17) is 9.72 Å². The molecule has 25 heavy (non-hydrogen) atoms. The molecule has 0 amide bonds. The molecule has 0 bridgehead atoms. The zero-order valence-electron chi connectivity index (χ0n) is 14.1. The summed E-state index contributed by atoms with van der Waals surface area (Å²) < 4.78 is 7.50. The smallest absolute Gasteiger partial charge is 0.191 e. The monoisotopic (exact) mass is 372 g/mol. The van der Waals surface area contributed by atoms with Crippen LogP contribution in [-0.2, 0) is 18.7 Å². The number of methoxy groups -OCH3 is 1. The van der Waals surface area contributed by atoms with Gasteiger partial charge in [-0.1, -0.05) is 18.2 Å². The van der Waals surface area contributed by atoms with E-state index < -0.39 is 0 Å².